The van der Waals surface area contributed by atoms with E-state index in [0.29, 0.717) is 31.6 Å². The number of halogens is 3. The molecule has 1 aliphatic heterocycles. The van der Waals surface area contributed by atoms with E-state index in [2.05, 4.69) is 4.98 Å². The number of pyridine rings is 1. The Kier molecular flexibility index (Phi) is 3.88. The van der Waals surface area contributed by atoms with Gasteiger partial charge in [0.1, 0.15) is 5.69 Å². The molecule has 1 saturated heterocycles. The predicted molar refractivity (Wildman–Crippen MR) is 88.2 cm³/mol. The summed E-state index contributed by atoms with van der Waals surface area (Å²) < 4.78 is 38.6. The normalized spacial score (nSPS) is 33.0. The Labute approximate surface area is 150 Å². The van der Waals surface area contributed by atoms with Crippen molar-refractivity contribution in [3.63, 3.8) is 0 Å². The van der Waals surface area contributed by atoms with Crippen molar-refractivity contribution in [2.75, 3.05) is 13.1 Å². The van der Waals surface area contributed by atoms with Gasteiger partial charge < -0.3 is 10.0 Å². The molecule has 0 bridgehead atoms. The second-order valence-electron chi connectivity index (χ2n) is 8.68. The Balaban J connectivity index is 1.36. The van der Waals surface area contributed by atoms with Crippen molar-refractivity contribution >= 4 is 5.91 Å². The van der Waals surface area contributed by atoms with Crippen LogP contribution in [0.4, 0.5) is 13.2 Å². The highest BCUT2D eigenvalue weighted by Crippen LogP contribution is 2.52. The van der Waals surface area contributed by atoms with Crippen LogP contribution in [0, 0.1) is 11.3 Å². The molecule has 1 spiro atoms. The summed E-state index contributed by atoms with van der Waals surface area (Å²) in [5.74, 6) is 0.0615. The molecule has 4 nitrogen and oxygen atoms in total. The van der Waals surface area contributed by atoms with Gasteiger partial charge in [0.25, 0.3) is 0 Å². The number of carbonyl (C=O) groups excluding carboxylic acids is 1. The summed E-state index contributed by atoms with van der Waals surface area (Å²) in [5.41, 5.74) is -1.01. The number of amides is 1. The summed E-state index contributed by atoms with van der Waals surface area (Å²) in [4.78, 5) is 18.1. The van der Waals surface area contributed by atoms with E-state index in [-0.39, 0.29) is 23.2 Å². The molecule has 3 fully saturated rings. The van der Waals surface area contributed by atoms with Crippen molar-refractivity contribution < 1.29 is 23.1 Å². The fourth-order valence-corrected chi connectivity index (χ4v) is 4.94. The number of rotatable bonds is 2. The number of likely N-dealkylation sites (tertiary alicyclic amines) is 1. The van der Waals surface area contributed by atoms with Crippen LogP contribution in [0.15, 0.2) is 18.2 Å². The molecule has 4 rings (SSSR count). The molecule has 1 atom stereocenters. The summed E-state index contributed by atoms with van der Waals surface area (Å²) in [5, 5.41) is 9.79. The molecule has 2 saturated carbocycles. The minimum atomic E-state index is -4.42. The molecule has 0 radical (unpaired) electrons. The molecular formula is C19H23F3N2O2. The maximum atomic E-state index is 12.9. The van der Waals surface area contributed by atoms with Gasteiger partial charge in [-0.2, -0.15) is 13.2 Å². The first-order valence-corrected chi connectivity index (χ1v) is 9.12. The van der Waals surface area contributed by atoms with Crippen LogP contribution in [0.2, 0.25) is 0 Å². The minimum Gasteiger partial charge on any atom is -0.390 e. The van der Waals surface area contributed by atoms with Gasteiger partial charge in [-0.1, -0.05) is 6.07 Å². The quantitative estimate of drug-likeness (QED) is 0.871. The van der Waals surface area contributed by atoms with E-state index in [1.807, 2.05) is 4.90 Å². The summed E-state index contributed by atoms with van der Waals surface area (Å²) in [6, 6.07) is 4.11. The lowest BCUT2D eigenvalue weighted by molar-refractivity contribution is -0.161. The number of aliphatic hydroxyl groups is 1. The Hall–Kier alpha value is -1.63. The molecule has 1 amide bonds. The molecule has 1 aromatic heterocycles. The third kappa shape index (κ3) is 3.10. The molecule has 1 N–H and O–H groups in total. The van der Waals surface area contributed by atoms with Gasteiger partial charge in [0, 0.05) is 36.0 Å². The molecule has 142 valence electrons. The molecule has 2 aliphatic carbocycles. The predicted octanol–water partition coefficient (Wildman–Crippen LogP) is 3.36. The van der Waals surface area contributed by atoms with Crippen LogP contribution in [0.25, 0.3) is 0 Å². The highest BCUT2D eigenvalue weighted by atomic mass is 19.4. The zero-order valence-electron chi connectivity index (χ0n) is 14.7. The molecule has 0 aromatic carbocycles. The first-order chi connectivity index (χ1) is 12.1. The monoisotopic (exact) mass is 368 g/mol. The van der Waals surface area contributed by atoms with E-state index in [4.69, 9.17) is 0 Å². The Morgan fingerprint density at radius 3 is 2.58 bits per heavy atom. The van der Waals surface area contributed by atoms with E-state index in [0.717, 1.165) is 25.3 Å². The number of hydrogen-bond acceptors (Lipinski definition) is 3. The number of carbonyl (C=O) groups is 1. The second kappa shape index (κ2) is 5.68. The van der Waals surface area contributed by atoms with Gasteiger partial charge in [-0.15, -0.1) is 0 Å². The molecule has 1 aromatic rings. The standard InChI is InChI=1S/C19H23F3N2O2/c1-17(26)7-13(8-17)16(25)24-10-18(11-24)6-5-12(9-18)14-3-2-4-15(23-14)19(20,21)22/h2-4,12-13,26H,5-11H2,1H3/t12-,13?,17?/m1/s1. The van der Waals surface area contributed by atoms with Gasteiger partial charge in [-0.25, -0.2) is 4.98 Å². The van der Waals surface area contributed by atoms with Crippen LogP contribution < -0.4 is 0 Å². The van der Waals surface area contributed by atoms with E-state index in [1.54, 1.807) is 13.0 Å². The van der Waals surface area contributed by atoms with Gasteiger partial charge >= 0.3 is 6.18 Å². The Morgan fingerprint density at radius 1 is 1.27 bits per heavy atom. The van der Waals surface area contributed by atoms with Gasteiger partial charge in [0.15, 0.2) is 0 Å². The van der Waals surface area contributed by atoms with Gasteiger partial charge in [0.05, 0.1) is 5.60 Å². The van der Waals surface area contributed by atoms with Crippen LogP contribution in [-0.2, 0) is 11.0 Å². The van der Waals surface area contributed by atoms with Crippen molar-refractivity contribution in [1.29, 1.82) is 0 Å². The average Bonchev–Trinajstić information content (AvgIpc) is 2.95. The zero-order valence-corrected chi connectivity index (χ0v) is 14.7. The molecular weight excluding hydrogens is 345 g/mol. The first-order valence-electron chi connectivity index (χ1n) is 9.12. The lowest BCUT2D eigenvalue weighted by Gasteiger charge is -2.52. The van der Waals surface area contributed by atoms with Crippen molar-refractivity contribution in [3.8, 4) is 0 Å². The highest BCUT2D eigenvalue weighted by molar-refractivity contribution is 5.81. The van der Waals surface area contributed by atoms with Crippen LogP contribution in [0.1, 0.15) is 56.3 Å². The fourth-order valence-electron chi connectivity index (χ4n) is 4.94. The van der Waals surface area contributed by atoms with E-state index in [9.17, 15) is 23.1 Å². The smallest absolute Gasteiger partial charge is 0.390 e. The Bertz CT molecular complexity index is 718. The summed E-state index contributed by atoms with van der Waals surface area (Å²) in [6.07, 6.45) is -0.863. The maximum Gasteiger partial charge on any atom is 0.433 e. The lowest BCUT2D eigenvalue weighted by atomic mass is 9.69. The van der Waals surface area contributed by atoms with Gasteiger partial charge in [-0.3, -0.25) is 4.79 Å². The molecule has 26 heavy (non-hydrogen) atoms. The summed E-state index contributed by atoms with van der Waals surface area (Å²) in [6.45, 7) is 3.11. The molecule has 2 heterocycles. The second-order valence-corrected chi connectivity index (χ2v) is 8.68. The van der Waals surface area contributed by atoms with Crippen molar-refractivity contribution in [3.05, 3.63) is 29.6 Å². The third-order valence-corrected chi connectivity index (χ3v) is 6.27. The van der Waals surface area contributed by atoms with Gasteiger partial charge in [0.2, 0.25) is 5.91 Å². The van der Waals surface area contributed by atoms with E-state index in [1.165, 1.54) is 6.07 Å². The zero-order chi connectivity index (χ0) is 18.7. The van der Waals surface area contributed by atoms with Crippen LogP contribution in [0.3, 0.4) is 0 Å². The topological polar surface area (TPSA) is 53.4 Å². The van der Waals surface area contributed by atoms with Gasteiger partial charge in [-0.05, 0) is 51.2 Å². The number of aromatic nitrogens is 1. The minimum absolute atomic E-state index is 0.0268. The molecule has 7 heteroatoms. The lowest BCUT2D eigenvalue weighted by Crippen LogP contribution is -2.61. The Morgan fingerprint density at radius 2 is 1.96 bits per heavy atom. The van der Waals surface area contributed by atoms with Crippen LogP contribution >= 0.6 is 0 Å². The third-order valence-electron chi connectivity index (χ3n) is 6.27. The SMILES string of the molecule is CC1(O)CC(C(=O)N2CC3(CC[C@@H](c4cccc(C(F)(F)F)n4)C3)C2)C1. The van der Waals surface area contributed by atoms with Crippen LogP contribution in [-0.4, -0.2) is 39.6 Å². The van der Waals surface area contributed by atoms with Crippen LogP contribution in [0.5, 0.6) is 0 Å². The highest BCUT2D eigenvalue weighted by Gasteiger charge is 2.53. The average molecular weight is 368 g/mol. The van der Waals surface area contributed by atoms with Crippen molar-refractivity contribution in [2.45, 2.75) is 56.7 Å². The summed E-state index contributed by atoms with van der Waals surface area (Å²) >= 11 is 0. The fraction of sp³-hybridized carbons (Fsp3) is 0.684. The van der Waals surface area contributed by atoms with Crippen molar-refractivity contribution in [2.24, 2.45) is 11.3 Å². The summed E-state index contributed by atoms with van der Waals surface area (Å²) in [7, 11) is 0. The number of hydrogen-bond donors (Lipinski definition) is 1. The molecule has 0 unspecified atom stereocenters. The largest absolute Gasteiger partial charge is 0.433 e. The van der Waals surface area contributed by atoms with E-state index < -0.39 is 17.5 Å². The first kappa shape index (κ1) is 17.8. The maximum absolute atomic E-state index is 12.9. The molecule has 3 aliphatic rings. The van der Waals surface area contributed by atoms with E-state index >= 15 is 0 Å². The number of nitrogens with zero attached hydrogens (tertiary/aromatic N) is 2. The van der Waals surface area contributed by atoms with Crippen molar-refractivity contribution in [1.82, 2.24) is 9.88 Å². The number of alkyl halides is 3.